The van der Waals surface area contributed by atoms with Gasteiger partial charge >= 0.3 is 10.1 Å². The molecular formula is C10H9NO3S. The Morgan fingerprint density at radius 2 is 1.73 bits per heavy atom. The van der Waals surface area contributed by atoms with E-state index in [9.17, 15) is 8.42 Å². The van der Waals surface area contributed by atoms with Crippen LogP contribution in [0.1, 0.15) is 0 Å². The smallest absolute Gasteiger partial charge is 0.340 e. The molecule has 1 heterocycles. The van der Waals surface area contributed by atoms with Gasteiger partial charge in [0.1, 0.15) is 4.90 Å². The van der Waals surface area contributed by atoms with Crippen LogP contribution in [0.2, 0.25) is 0 Å². The monoisotopic (exact) mass is 223 g/mol. The molecule has 5 heteroatoms. The number of benzene rings is 1. The van der Waals surface area contributed by atoms with Crippen molar-refractivity contribution in [2.45, 2.75) is 4.90 Å². The van der Waals surface area contributed by atoms with Crippen LogP contribution in [-0.2, 0) is 10.1 Å². The van der Waals surface area contributed by atoms with Gasteiger partial charge in [0, 0.05) is 12.3 Å². The van der Waals surface area contributed by atoms with Gasteiger partial charge in [-0.2, -0.15) is 8.42 Å². The maximum absolute atomic E-state index is 11.7. The van der Waals surface area contributed by atoms with Crippen LogP contribution >= 0.6 is 0 Å². The zero-order valence-corrected chi connectivity index (χ0v) is 8.57. The molecule has 0 radical (unpaired) electrons. The Morgan fingerprint density at radius 1 is 1.00 bits per heavy atom. The summed E-state index contributed by atoms with van der Waals surface area (Å²) < 4.78 is 28.2. The van der Waals surface area contributed by atoms with Crippen molar-refractivity contribution in [3.63, 3.8) is 0 Å². The molecule has 15 heavy (non-hydrogen) atoms. The van der Waals surface area contributed by atoms with Crippen LogP contribution < -0.4 is 4.18 Å². The summed E-state index contributed by atoms with van der Waals surface area (Å²) >= 11 is 0. The average Bonchev–Trinajstić information content (AvgIpc) is 2.71. The highest BCUT2D eigenvalue weighted by atomic mass is 32.2. The highest BCUT2D eigenvalue weighted by Crippen LogP contribution is 2.15. The minimum absolute atomic E-state index is 0.139. The zero-order valence-electron chi connectivity index (χ0n) is 7.75. The average molecular weight is 223 g/mol. The maximum atomic E-state index is 11.7. The molecule has 1 aromatic carbocycles. The molecule has 0 amide bonds. The first-order chi connectivity index (χ1) is 7.18. The van der Waals surface area contributed by atoms with Crippen LogP contribution in [0.5, 0.6) is 5.88 Å². The van der Waals surface area contributed by atoms with Gasteiger partial charge in [-0.15, -0.1) is 0 Å². The first kappa shape index (κ1) is 9.79. The highest BCUT2D eigenvalue weighted by Gasteiger charge is 2.15. The summed E-state index contributed by atoms with van der Waals surface area (Å²) in [7, 11) is -3.71. The van der Waals surface area contributed by atoms with Crippen molar-refractivity contribution in [3.05, 3.63) is 48.7 Å². The van der Waals surface area contributed by atoms with Crippen molar-refractivity contribution in [2.24, 2.45) is 0 Å². The van der Waals surface area contributed by atoms with Gasteiger partial charge in [0.05, 0.1) is 0 Å². The third-order valence-corrected chi connectivity index (χ3v) is 3.05. The molecule has 2 rings (SSSR count). The lowest BCUT2D eigenvalue weighted by Crippen LogP contribution is -2.09. The van der Waals surface area contributed by atoms with E-state index < -0.39 is 10.1 Å². The summed E-state index contributed by atoms with van der Waals surface area (Å²) in [5, 5.41) is 0. The van der Waals surface area contributed by atoms with Crippen molar-refractivity contribution in [3.8, 4) is 5.88 Å². The Bertz CT molecular complexity index is 517. The molecule has 0 aliphatic heterocycles. The summed E-state index contributed by atoms with van der Waals surface area (Å²) in [6.45, 7) is 0. The number of aromatic amines is 1. The highest BCUT2D eigenvalue weighted by molar-refractivity contribution is 7.87. The molecule has 1 N–H and O–H groups in total. The third kappa shape index (κ3) is 2.19. The van der Waals surface area contributed by atoms with Crippen molar-refractivity contribution in [1.29, 1.82) is 0 Å². The minimum Gasteiger partial charge on any atom is -0.360 e. The van der Waals surface area contributed by atoms with Gasteiger partial charge < -0.3 is 9.17 Å². The molecule has 0 unspecified atom stereocenters. The van der Waals surface area contributed by atoms with Gasteiger partial charge in [-0.3, -0.25) is 0 Å². The molecule has 0 aliphatic rings. The molecule has 0 saturated carbocycles. The lowest BCUT2D eigenvalue weighted by atomic mass is 10.4. The van der Waals surface area contributed by atoms with Crippen LogP contribution in [0.25, 0.3) is 0 Å². The predicted octanol–water partition coefficient (Wildman–Crippen LogP) is 1.78. The Balaban J connectivity index is 2.29. The fourth-order valence-corrected chi connectivity index (χ4v) is 2.05. The topological polar surface area (TPSA) is 59.2 Å². The minimum atomic E-state index is -3.71. The van der Waals surface area contributed by atoms with E-state index in [1.54, 1.807) is 36.5 Å². The number of nitrogens with one attached hydrogen (secondary N) is 1. The maximum Gasteiger partial charge on any atom is 0.340 e. The lowest BCUT2D eigenvalue weighted by molar-refractivity contribution is 0.478. The third-order valence-electron chi connectivity index (χ3n) is 1.80. The molecule has 0 saturated heterocycles. The molecule has 0 spiro atoms. The summed E-state index contributed by atoms with van der Waals surface area (Å²) in [4.78, 5) is 2.80. The van der Waals surface area contributed by atoms with E-state index in [2.05, 4.69) is 4.98 Å². The summed E-state index contributed by atoms with van der Waals surface area (Å²) in [5.41, 5.74) is 0. The van der Waals surface area contributed by atoms with E-state index in [1.165, 1.54) is 12.1 Å². The molecule has 0 fully saturated rings. The standard InChI is InChI=1S/C10H9NO3S/c12-15(13,9-5-2-1-3-6-9)14-10-7-4-8-11-10/h1-8,11H. The van der Waals surface area contributed by atoms with Gasteiger partial charge in [-0.1, -0.05) is 18.2 Å². The van der Waals surface area contributed by atoms with Gasteiger partial charge in [-0.25, -0.2) is 0 Å². The van der Waals surface area contributed by atoms with E-state index in [4.69, 9.17) is 4.18 Å². The van der Waals surface area contributed by atoms with Crippen molar-refractivity contribution in [1.82, 2.24) is 4.98 Å². The van der Waals surface area contributed by atoms with Gasteiger partial charge in [-0.05, 0) is 18.2 Å². The molecule has 1 aromatic heterocycles. The van der Waals surface area contributed by atoms with E-state index in [0.29, 0.717) is 0 Å². The van der Waals surface area contributed by atoms with Gasteiger partial charge in [0.2, 0.25) is 5.88 Å². The van der Waals surface area contributed by atoms with Crippen molar-refractivity contribution in [2.75, 3.05) is 0 Å². The first-order valence-corrected chi connectivity index (χ1v) is 5.72. The molecule has 78 valence electrons. The zero-order chi connectivity index (χ0) is 10.7. The second-order valence-electron chi connectivity index (χ2n) is 2.88. The number of hydrogen-bond acceptors (Lipinski definition) is 3. The Labute approximate surface area is 87.6 Å². The fraction of sp³-hybridized carbons (Fsp3) is 0. The van der Waals surface area contributed by atoms with Crippen molar-refractivity contribution < 1.29 is 12.6 Å². The van der Waals surface area contributed by atoms with E-state index in [1.807, 2.05) is 0 Å². The molecule has 4 nitrogen and oxygen atoms in total. The van der Waals surface area contributed by atoms with Crippen LogP contribution in [-0.4, -0.2) is 13.4 Å². The second kappa shape index (κ2) is 3.78. The lowest BCUT2D eigenvalue weighted by Gasteiger charge is -2.03. The Morgan fingerprint density at radius 3 is 2.33 bits per heavy atom. The molecule has 2 aromatic rings. The molecular weight excluding hydrogens is 214 g/mol. The van der Waals surface area contributed by atoms with E-state index in [0.717, 1.165) is 0 Å². The number of aromatic nitrogens is 1. The Kier molecular flexibility index (Phi) is 2.47. The second-order valence-corrected chi connectivity index (χ2v) is 4.43. The van der Waals surface area contributed by atoms with Gasteiger partial charge in [0.25, 0.3) is 0 Å². The van der Waals surface area contributed by atoms with Crippen LogP contribution in [0.3, 0.4) is 0 Å². The SMILES string of the molecule is O=S(=O)(Oc1ccc[nH]1)c1ccccc1. The summed E-state index contributed by atoms with van der Waals surface area (Å²) in [5.74, 6) is 0.207. The van der Waals surface area contributed by atoms with Crippen molar-refractivity contribution >= 4 is 10.1 Å². The predicted molar refractivity (Wildman–Crippen MR) is 55.0 cm³/mol. The van der Waals surface area contributed by atoms with Crippen LogP contribution in [0.4, 0.5) is 0 Å². The fourth-order valence-electron chi connectivity index (χ4n) is 1.12. The summed E-state index contributed by atoms with van der Waals surface area (Å²) in [6.07, 6.45) is 1.59. The van der Waals surface area contributed by atoms with Crippen LogP contribution in [0, 0.1) is 0 Å². The Hall–Kier alpha value is -1.75. The van der Waals surface area contributed by atoms with E-state index in [-0.39, 0.29) is 10.8 Å². The largest absolute Gasteiger partial charge is 0.360 e. The number of H-pyrrole nitrogens is 1. The number of rotatable bonds is 3. The summed E-state index contributed by atoms with van der Waals surface area (Å²) in [6, 6.07) is 11.2. The molecule has 0 aliphatic carbocycles. The van der Waals surface area contributed by atoms with E-state index >= 15 is 0 Å². The van der Waals surface area contributed by atoms with Crippen LogP contribution in [0.15, 0.2) is 53.6 Å². The quantitative estimate of drug-likeness (QED) is 0.807. The normalized spacial score (nSPS) is 11.2. The molecule has 0 bridgehead atoms. The first-order valence-electron chi connectivity index (χ1n) is 4.31. The number of hydrogen-bond donors (Lipinski definition) is 1. The van der Waals surface area contributed by atoms with Gasteiger partial charge in [0.15, 0.2) is 0 Å². The molecule has 0 atom stereocenters.